The monoisotopic (exact) mass is 203 g/mol. The molecule has 0 spiro atoms. The normalized spacial score (nSPS) is 14.1. The molecule has 0 bridgehead atoms. The number of carboxylic acids is 1. The largest absolute Gasteiger partial charge is 0.480 e. The van der Waals surface area contributed by atoms with E-state index in [0.717, 1.165) is 0 Å². The van der Waals surface area contributed by atoms with E-state index in [9.17, 15) is 14.4 Å². The smallest absolute Gasteiger partial charge is 0.326 e. The third-order valence-electron chi connectivity index (χ3n) is 1.43. The van der Waals surface area contributed by atoms with Crippen molar-refractivity contribution >= 4 is 17.8 Å². The summed E-state index contributed by atoms with van der Waals surface area (Å²) in [5.41, 5.74) is 9.99. The number of primary amides is 1. The molecule has 2 amide bonds. The topological polar surface area (TPSA) is 136 Å². The second-order valence-electron chi connectivity index (χ2n) is 2.86. The molecule has 0 aliphatic carbocycles. The van der Waals surface area contributed by atoms with Gasteiger partial charge in [0.2, 0.25) is 11.8 Å². The molecule has 0 unspecified atom stereocenters. The van der Waals surface area contributed by atoms with Crippen molar-refractivity contribution in [3.8, 4) is 0 Å². The zero-order chi connectivity index (χ0) is 11.3. The molecule has 0 aromatic rings. The number of hydrogen-bond donors (Lipinski definition) is 4. The molecule has 0 fully saturated rings. The Bertz CT molecular complexity index is 251. The first-order valence-corrected chi connectivity index (χ1v) is 3.91. The lowest BCUT2D eigenvalue weighted by Gasteiger charge is -2.14. The van der Waals surface area contributed by atoms with Crippen molar-refractivity contribution in [3.63, 3.8) is 0 Å². The summed E-state index contributed by atoms with van der Waals surface area (Å²) in [6.45, 7) is 1.40. The van der Waals surface area contributed by atoms with Crippen molar-refractivity contribution < 1.29 is 19.5 Å². The fourth-order valence-electron chi connectivity index (χ4n) is 0.704. The SMILES string of the molecule is C[C@H](N)C(=O)N[C@@H](CC(N)=O)C(=O)O. The summed E-state index contributed by atoms with van der Waals surface area (Å²) >= 11 is 0. The van der Waals surface area contributed by atoms with Gasteiger partial charge >= 0.3 is 5.97 Å². The van der Waals surface area contributed by atoms with Gasteiger partial charge in [0.25, 0.3) is 0 Å². The van der Waals surface area contributed by atoms with Gasteiger partial charge in [-0.2, -0.15) is 0 Å². The highest BCUT2D eigenvalue weighted by Crippen LogP contribution is 1.92. The second kappa shape index (κ2) is 5.18. The number of aliphatic carboxylic acids is 1. The minimum Gasteiger partial charge on any atom is -0.480 e. The standard InChI is InChI=1S/C7H13N3O4/c1-3(8)6(12)10-4(7(13)14)2-5(9)11/h3-4H,2,8H2,1H3,(H2,9,11)(H,10,12)(H,13,14)/t3-,4-/m0/s1. The van der Waals surface area contributed by atoms with Crippen LogP contribution in [-0.2, 0) is 14.4 Å². The Morgan fingerprint density at radius 3 is 2.21 bits per heavy atom. The molecule has 80 valence electrons. The van der Waals surface area contributed by atoms with E-state index in [4.69, 9.17) is 16.6 Å². The number of amides is 2. The van der Waals surface area contributed by atoms with E-state index in [-0.39, 0.29) is 0 Å². The number of carbonyl (C=O) groups excluding carboxylic acids is 2. The highest BCUT2D eigenvalue weighted by atomic mass is 16.4. The number of nitrogens with one attached hydrogen (secondary N) is 1. The lowest BCUT2D eigenvalue weighted by molar-refractivity contribution is -0.143. The van der Waals surface area contributed by atoms with Crippen molar-refractivity contribution in [2.24, 2.45) is 11.5 Å². The summed E-state index contributed by atoms with van der Waals surface area (Å²) in [5.74, 6) is -2.76. The third kappa shape index (κ3) is 4.41. The van der Waals surface area contributed by atoms with E-state index >= 15 is 0 Å². The zero-order valence-corrected chi connectivity index (χ0v) is 7.69. The highest BCUT2D eigenvalue weighted by molar-refractivity contribution is 5.89. The average Bonchev–Trinajstić information content (AvgIpc) is 2.01. The fourth-order valence-corrected chi connectivity index (χ4v) is 0.704. The van der Waals surface area contributed by atoms with Gasteiger partial charge in [-0.1, -0.05) is 0 Å². The molecule has 0 heterocycles. The molecule has 0 radical (unpaired) electrons. The van der Waals surface area contributed by atoms with E-state index in [0.29, 0.717) is 0 Å². The molecular formula is C7H13N3O4. The average molecular weight is 203 g/mol. The van der Waals surface area contributed by atoms with Gasteiger partial charge in [-0.15, -0.1) is 0 Å². The Morgan fingerprint density at radius 1 is 1.43 bits per heavy atom. The van der Waals surface area contributed by atoms with Crippen LogP contribution in [-0.4, -0.2) is 35.0 Å². The summed E-state index contributed by atoms with van der Waals surface area (Å²) in [5, 5.41) is 10.7. The molecule has 0 aliphatic heterocycles. The first kappa shape index (κ1) is 12.4. The minimum absolute atomic E-state index is 0.451. The number of carboxylic acid groups (broad SMARTS) is 1. The Labute approximate surface area is 80.4 Å². The predicted molar refractivity (Wildman–Crippen MR) is 47.0 cm³/mol. The molecule has 0 aromatic carbocycles. The molecule has 7 nitrogen and oxygen atoms in total. The predicted octanol–water partition coefficient (Wildman–Crippen LogP) is -2.22. The summed E-state index contributed by atoms with van der Waals surface area (Å²) in [4.78, 5) is 32.0. The van der Waals surface area contributed by atoms with E-state index in [2.05, 4.69) is 5.32 Å². The quantitative estimate of drug-likeness (QED) is 0.401. The highest BCUT2D eigenvalue weighted by Gasteiger charge is 2.23. The molecule has 6 N–H and O–H groups in total. The Morgan fingerprint density at radius 2 is 1.93 bits per heavy atom. The Hall–Kier alpha value is -1.63. The molecule has 7 heteroatoms. The van der Waals surface area contributed by atoms with Gasteiger partial charge < -0.3 is 21.9 Å². The van der Waals surface area contributed by atoms with Crippen LogP contribution in [0.3, 0.4) is 0 Å². The maximum atomic E-state index is 11.0. The maximum Gasteiger partial charge on any atom is 0.326 e. The third-order valence-corrected chi connectivity index (χ3v) is 1.43. The van der Waals surface area contributed by atoms with Crippen LogP contribution in [0, 0.1) is 0 Å². The number of hydrogen-bond acceptors (Lipinski definition) is 4. The molecule has 0 saturated carbocycles. The van der Waals surface area contributed by atoms with Crippen LogP contribution in [0.2, 0.25) is 0 Å². The molecule has 0 aromatic heterocycles. The van der Waals surface area contributed by atoms with E-state index in [1.807, 2.05) is 0 Å². The number of carbonyl (C=O) groups is 3. The lowest BCUT2D eigenvalue weighted by atomic mass is 10.2. The van der Waals surface area contributed by atoms with Gasteiger partial charge in [-0.3, -0.25) is 9.59 Å². The van der Waals surface area contributed by atoms with E-state index in [1.54, 1.807) is 0 Å². The Kier molecular flexibility index (Phi) is 4.57. The van der Waals surface area contributed by atoms with Crippen LogP contribution in [0.25, 0.3) is 0 Å². The summed E-state index contributed by atoms with van der Waals surface area (Å²) in [7, 11) is 0. The molecule has 0 rings (SSSR count). The minimum atomic E-state index is -1.32. The number of nitrogens with two attached hydrogens (primary N) is 2. The molecule has 14 heavy (non-hydrogen) atoms. The van der Waals surface area contributed by atoms with E-state index in [1.165, 1.54) is 6.92 Å². The summed E-state index contributed by atoms with van der Waals surface area (Å²) in [6.07, 6.45) is -0.451. The molecule has 0 saturated heterocycles. The first-order valence-electron chi connectivity index (χ1n) is 3.91. The van der Waals surface area contributed by atoms with Gasteiger partial charge in [0.1, 0.15) is 6.04 Å². The van der Waals surface area contributed by atoms with Gasteiger partial charge in [-0.25, -0.2) is 4.79 Å². The van der Waals surface area contributed by atoms with Crippen molar-refractivity contribution in [2.75, 3.05) is 0 Å². The Balaban J connectivity index is 4.31. The van der Waals surface area contributed by atoms with Gasteiger partial charge in [0.15, 0.2) is 0 Å². The van der Waals surface area contributed by atoms with Crippen LogP contribution in [0.15, 0.2) is 0 Å². The van der Waals surface area contributed by atoms with Gasteiger partial charge in [0.05, 0.1) is 12.5 Å². The number of rotatable bonds is 5. The van der Waals surface area contributed by atoms with Crippen LogP contribution in [0.4, 0.5) is 0 Å². The first-order chi connectivity index (χ1) is 6.34. The van der Waals surface area contributed by atoms with Crippen LogP contribution in [0.1, 0.15) is 13.3 Å². The molecule has 0 aliphatic rings. The van der Waals surface area contributed by atoms with Crippen molar-refractivity contribution in [3.05, 3.63) is 0 Å². The molecular weight excluding hydrogens is 190 g/mol. The van der Waals surface area contributed by atoms with Crippen molar-refractivity contribution in [2.45, 2.75) is 25.4 Å². The summed E-state index contributed by atoms with van der Waals surface area (Å²) in [6, 6.07) is -2.14. The molecule has 2 atom stereocenters. The van der Waals surface area contributed by atoms with Crippen LogP contribution in [0.5, 0.6) is 0 Å². The van der Waals surface area contributed by atoms with Gasteiger partial charge in [0, 0.05) is 0 Å². The van der Waals surface area contributed by atoms with Crippen LogP contribution >= 0.6 is 0 Å². The van der Waals surface area contributed by atoms with Crippen LogP contribution < -0.4 is 16.8 Å². The van der Waals surface area contributed by atoms with Crippen molar-refractivity contribution in [1.29, 1.82) is 0 Å². The lowest BCUT2D eigenvalue weighted by Crippen LogP contribution is -2.48. The second-order valence-corrected chi connectivity index (χ2v) is 2.86. The maximum absolute atomic E-state index is 11.0. The fraction of sp³-hybridized carbons (Fsp3) is 0.571. The van der Waals surface area contributed by atoms with Crippen molar-refractivity contribution in [1.82, 2.24) is 5.32 Å². The van der Waals surface area contributed by atoms with E-state index < -0.39 is 36.3 Å². The van der Waals surface area contributed by atoms with Gasteiger partial charge in [-0.05, 0) is 6.92 Å². The zero-order valence-electron chi connectivity index (χ0n) is 7.69. The summed E-state index contributed by atoms with van der Waals surface area (Å²) < 4.78 is 0.